The molecular formula is C24H25F4N3O3. The molecule has 2 fully saturated rings. The standard InChI is InChI=1S/C24H25F4N3O3/c1-14-4-2-3-5-19(14)30-20-6-9-31(22(33)23(34)7-8-23)13-18(20)21(32)29-17-11-15(24(26,27)28)10-16(25)12-17/h2-5,10-12,18,20,30,34H,6-9,13H2,1H3,(H,29,32)/t18-,20+/m1/s1. The van der Waals surface area contributed by atoms with E-state index in [-0.39, 0.29) is 12.2 Å². The van der Waals surface area contributed by atoms with Crippen LogP contribution in [0.3, 0.4) is 0 Å². The van der Waals surface area contributed by atoms with Crippen LogP contribution in [0.15, 0.2) is 42.5 Å². The number of hydrogen-bond acceptors (Lipinski definition) is 4. The van der Waals surface area contributed by atoms with Crippen molar-refractivity contribution in [2.24, 2.45) is 5.92 Å². The summed E-state index contributed by atoms with van der Waals surface area (Å²) in [5, 5.41) is 15.9. The third-order valence-electron chi connectivity index (χ3n) is 6.34. The van der Waals surface area contributed by atoms with Crippen molar-refractivity contribution in [2.45, 2.75) is 44.0 Å². The van der Waals surface area contributed by atoms with Crippen molar-refractivity contribution in [1.82, 2.24) is 4.90 Å². The number of likely N-dealkylation sites (tertiary alicyclic amines) is 1. The zero-order valence-corrected chi connectivity index (χ0v) is 18.5. The molecule has 2 amide bonds. The molecule has 4 rings (SSSR count). The van der Waals surface area contributed by atoms with Crippen molar-refractivity contribution in [3.63, 3.8) is 0 Å². The highest BCUT2D eigenvalue weighted by molar-refractivity contribution is 5.95. The molecule has 0 radical (unpaired) electrons. The van der Waals surface area contributed by atoms with Gasteiger partial charge >= 0.3 is 6.18 Å². The lowest BCUT2D eigenvalue weighted by Gasteiger charge is -2.39. The van der Waals surface area contributed by atoms with Gasteiger partial charge in [-0.3, -0.25) is 9.59 Å². The van der Waals surface area contributed by atoms with Crippen LogP contribution in [-0.2, 0) is 15.8 Å². The molecule has 2 atom stereocenters. The van der Waals surface area contributed by atoms with Crippen LogP contribution in [0.25, 0.3) is 0 Å². The van der Waals surface area contributed by atoms with Crippen LogP contribution in [-0.4, -0.2) is 46.6 Å². The Balaban J connectivity index is 1.58. The third-order valence-corrected chi connectivity index (χ3v) is 6.34. The molecular weight excluding hydrogens is 454 g/mol. The molecule has 2 aromatic carbocycles. The minimum Gasteiger partial charge on any atom is -0.381 e. The maximum atomic E-state index is 13.8. The first kappa shape index (κ1) is 24.0. The van der Waals surface area contributed by atoms with Crippen molar-refractivity contribution < 1.29 is 32.3 Å². The molecule has 34 heavy (non-hydrogen) atoms. The Morgan fingerprint density at radius 3 is 2.50 bits per heavy atom. The van der Waals surface area contributed by atoms with Gasteiger partial charge in [0.15, 0.2) is 0 Å². The van der Waals surface area contributed by atoms with E-state index in [9.17, 15) is 32.3 Å². The van der Waals surface area contributed by atoms with Crippen LogP contribution >= 0.6 is 0 Å². The summed E-state index contributed by atoms with van der Waals surface area (Å²) in [6, 6.07) is 8.84. The van der Waals surface area contributed by atoms with E-state index in [1.807, 2.05) is 31.2 Å². The maximum Gasteiger partial charge on any atom is 0.416 e. The van der Waals surface area contributed by atoms with E-state index in [1.165, 1.54) is 4.90 Å². The van der Waals surface area contributed by atoms with E-state index < -0.39 is 46.9 Å². The second-order valence-corrected chi connectivity index (χ2v) is 8.96. The first-order valence-corrected chi connectivity index (χ1v) is 11.0. The third kappa shape index (κ3) is 5.16. The lowest BCUT2D eigenvalue weighted by Crippen LogP contribution is -2.55. The van der Waals surface area contributed by atoms with Crippen molar-refractivity contribution in [3.05, 3.63) is 59.4 Å². The SMILES string of the molecule is Cc1ccccc1N[C@H]1CCN(C(=O)C2(O)CC2)C[C@H]1C(=O)Nc1cc(F)cc(C(F)(F)F)c1. The summed E-state index contributed by atoms with van der Waals surface area (Å²) in [5.41, 5.74) is -1.21. The summed E-state index contributed by atoms with van der Waals surface area (Å²) >= 11 is 0. The number of anilines is 2. The maximum absolute atomic E-state index is 13.8. The van der Waals surface area contributed by atoms with Gasteiger partial charge in [0, 0.05) is 30.5 Å². The lowest BCUT2D eigenvalue weighted by molar-refractivity contribution is -0.145. The van der Waals surface area contributed by atoms with Crippen molar-refractivity contribution in [1.29, 1.82) is 0 Å². The van der Waals surface area contributed by atoms with Crippen LogP contribution in [0.4, 0.5) is 28.9 Å². The summed E-state index contributed by atoms with van der Waals surface area (Å²) in [5.74, 6) is -3.08. The summed E-state index contributed by atoms with van der Waals surface area (Å²) in [7, 11) is 0. The number of amides is 2. The molecule has 2 aliphatic rings. The fourth-order valence-corrected chi connectivity index (χ4v) is 4.20. The zero-order chi connectivity index (χ0) is 24.7. The Morgan fingerprint density at radius 2 is 1.85 bits per heavy atom. The van der Waals surface area contributed by atoms with E-state index >= 15 is 0 Å². The summed E-state index contributed by atoms with van der Waals surface area (Å²) in [6.07, 6.45) is -3.68. The van der Waals surface area contributed by atoms with Crippen molar-refractivity contribution in [3.8, 4) is 0 Å². The second-order valence-electron chi connectivity index (χ2n) is 8.96. The number of hydrogen-bond donors (Lipinski definition) is 3. The van der Waals surface area contributed by atoms with Gasteiger partial charge < -0.3 is 20.6 Å². The Morgan fingerprint density at radius 1 is 1.15 bits per heavy atom. The van der Waals surface area contributed by atoms with Crippen LogP contribution in [0.1, 0.15) is 30.4 Å². The number of alkyl halides is 3. The Kier molecular flexibility index (Phi) is 6.28. The van der Waals surface area contributed by atoms with Gasteiger partial charge in [-0.1, -0.05) is 18.2 Å². The van der Waals surface area contributed by atoms with E-state index in [0.29, 0.717) is 37.9 Å². The minimum atomic E-state index is -4.77. The highest BCUT2D eigenvalue weighted by atomic mass is 19.4. The van der Waals surface area contributed by atoms with Crippen LogP contribution in [0.5, 0.6) is 0 Å². The fourth-order valence-electron chi connectivity index (χ4n) is 4.20. The molecule has 2 aromatic rings. The van der Waals surface area contributed by atoms with Crippen molar-refractivity contribution in [2.75, 3.05) is 23.7 Å². The Labute approximate surface area is 193 Å². The molecule has 6 nitrogen and oxygen atoms in total. The molecule has 1 aliphatic carbocycles. The van der Waals surface area contributed by atoms with Gasteiger partial charge in [-0.05, 0) is 56.0 Å². The number of carbonyl (C=O) groups excluding carboxylic acids is 2. The van der Waals surface area contributed by atoms with E-state index in [1.54, 1.807) is 0 Å². The molecule has 1 saturated heterocycles. The molecule has 1 heterocycles. The zero-order valence-electron chi connectivity index (χ0n) is 18.5. The molecule has 0 bridgehead atoms. The van der Waals surface area contributed by atoms with Gasteiger partial charge in [-0.2, -0.15) is 13.2 Å². The Bertz CT molecular complexity index is 1100. The number of benzene rings is 2. The number of halogens is 4. The number of aliphatic hydroxyl groups is 1. The van der Waals surface area contributed by atoms with Crippen LogP contribution in [0, 0.1) is 18.7 Å². The highest BCUT2D eigenvalue weighted by Gasteiger charge is 2.51. The van der Waals surface area contributed by atoms with E-state index in [0.717, 1.165) is 17.3 Å². The predicted octanol–water partition coefficient (Wildman–Crippen LogP) is 3.95. The quantitative estimate of drug-likeness (QED) is 0.568. The predicted molar refractivity (Wildman–Crippen MR) is 117 cm³/mol. The second kappa shape index (κ2) is 8.90. The first-order chi connectivity index (χ1) is 16.0. The first-order valence-electron chi connectivity index (χ1n) is 11.0. The number of nitrogens with zero attached hydrogens (tertiary/aromatic N) is 1. The Hall–Kier alpha value is -3.14. The summed E-state index contributed by atoms with van der Waals surface area (Å²) in [6.45, 7) is 2.18. The molecule has 182 valence electrons. The average molecular weight is 479 g/mol. The monoisotopic (exact) mass is 479 g/mol. The van der Waals surface area contributed by atoms with Gasteiger partial charge in [0.1, 0.15) is 11.4 Å². The number of piperidine rings is 1. The van der Waals surface area contributed by atoms with Gasteiger partial charge in [-0.15, -0.1) is 0 Å². The van der Waals surface area contributed by atoms with Crippen molar-refractivity contribution >= 4 is 23.2 Å². The summed E-state index contributed by atoms with van der Waals surface area (Å²) < 4.78 is 53.1. The van der Waals surface area contributed by atoms with Gasteiger partial charge in [-0.25, -0.2) is 4.39 Å². The molecule has 0 aromatic heterocycles. The van der Waals surface area contributed by atoms with Gasteiger partial charge in [0.2, 0.25) is 5.91 Å². The van der Waals surface area contributed by atoms with Gasteiger partial charge in [0.25, 0.3) is 5.91 Å². The lowest BCUT2D eigenvalue weighted by atomic mass is 9.90. The fraction of sp³-hybridized carbons (Fsp3) is 0.417. The largest absolute Gasteiger partial charge is 0.416 e. The smallest absolute Gasteiger partial charge is 0.381 e. The number of rotatable bonds is 5. The van der Waals surface area contributed by atoms with Crippen LogP contribution < -0.4 is 10.6 Å². The van der Waals surface area contributed by atoms with Gasteiger partial charge in [0.05, 0.1) is 11.5 Å². The van der Waals surface area contributed by atoms with E-state index in [2.05, 4.69) is 10.6 Å². The normalized spacial score (nSPS) is 21.6. The molecule has 0 spiro atoms. The summed E-state index contributed by atoms with van der Waals surface area (Å²) in [4.78, 5) is 27.3. The molecule has 3 N–H and O–H groups in total. The molecule has 10 heteroatoms. The van der Waals surface area contributed by atoms with Crippen LogP contribution in [0.2, 0.25) is 0 Å². The molecule has 0 unspecified atom stereocenters. The average Bonchev–Trinajstić information content (AvgIpc) is 3.52. The highest BCUT2D eigenvalue weighted by Crippen LogP contribution is 2.38. The number of para-hydroxylation sites is 1. The number of carbonyl (C=O) groups is 2. The molecule has 1 aliphatic heterocycles. The van der Waals surface area contributed by atoms with E-state index in [4.69, 9.17) is 0 Å². The number of nitrogens with one attached hydrogen (secondary N) is 2. The number of aryl methyl sites for hydroxylation is 1. The minimum absolute atomic E-state index is 0.0298. The topological polar surface area (TPSA) is 81.7 Å². The molecule has 1 saturated carbocycles.